The minimum absolute atomic E-state index is 0.0243. The average Bonchev–Trinajstić information content (AvgIpc) is 3.23. The highest BCUT2D eigenvalue weighted by molar-refractivity contribution is 7.92. The molecule has 11 heteroatoms. The normalized spacial score (nSPS) is 13.4. The molecule has 2 N–H and O–H groups in total. The van der Waals surface area contributed by atoms with Gasteiger partial charge in [0.25, 0.3) is 10.0 Å². The second kappa shape index (κ2) is 12.7. The smallest absolute Gasteiger partial charge is 0.275 e. The fourth-order valence-corrected chi connectivity index (χ4v) is 7.44. The van der Waals surface area contributed by atoms with Crippen molar-refractivity contribution in [2.75, 3.05) is 7.11 Å². The van der Waals surface area contributed by atoms with Crippen LogP contribution in [0.1, 0.15) is 107 Å². The SMILES string of the molecule is COCc1cc(C(C)C)c(CC(=O)NS(=O)(=O)c2sc(C(C)(C)O)nc2CO[Si](C)(C)C(C)(C)C)c(C(C)C)c1. The Balaban J connectivity index is 2.47. The number of methoxy groups -OCH3 is 1. The first kappa shape index (κ1) is 34.6. The number of carbonyl (C=O) groups excluding carboxylic acids is 1. The molecule has 2 rings (SSSR count). The van der Waals surface area contributed by atoms with Crippen molar-refractivity contribution in [2.24, 2.45) is 0 Å². The maximum absolute atomic E-state index is 13.6. The molecule has 0 atom stereocenters. The van der Waals surface area contributed by atoms with Crippen molar-refractivity contribution in [1.82, 2.24) is 9.71 Å². The predicted molar refractivity (Wildman–Crippen MR) is 164 cm³/mol. The van der Waals surface area contributed by atoms with Gasteiger partial charge in [0.2, 0.25) is 5.91 Å². The quantitative estimate of drug-likeness (QED) is 0.269. The van der Waals surface area contributed by atoms with Gasteiger partial charge in [-0.2, -0.15) is 0 Å². The van der Waals surface area contributed by atoms with Crippen molar-refractivity contribution in [3.63, 3.8) is 0 Å². The van der Waals surface area contributed by atoms with Gasteiger partial charge in [-0.3, -0.25) is 4.79 Å². The Morgan fingerprint density at radius 2 is 1.57 bits per heavy atom. The lowest BCUT2D eigenvalue weighted by Crippen LogP contribution is -2.40. The number of aromatic nitrogens is 1. The Hall–Kier alpha value is -1.63. The lowest BCUT2D eigenvalue weighted by atomic mass is 9.85. The number of thiazole rings is 1. The largest absolute Gasteiger partial charge is 0.411 e. The van der Waals surface area contributed by atoms with Gasteiger partial charge in [0.05, 0.1) is 25.3 Å². The zero-order chi connectivity index (χ0) is 30.8. The van der Waals surface area contributed by atoms with E-state index in [0.29, 0.717) is 6.61 Å². The standard InChI is InChI=1S/C29H48N2O6S2Si/c1-18(2)21-13-20(16-36-10)14-22(19(3)4)23(21)15-25(32)31-39(34,35)26-24(30-27(38-26)29(8,9)33)17-37-40(11,12)28(5,6)7/h13-14,18-19,33H,15-17H2,1-12H3,(H,31,32). The Morgan fingerprint density at radius 1 is 1.05 bits per heavy atom. The topological polar surface area (TPSA) is 115 Å². The monoisotopic (exact) mass is 612 g/mol. The van der Waals surface area contributed by atoms with Crippen LogP contribution in [0.4, 0.5) is 0 Å². The van der Waals surface area contributed by atoms with Crippen molar-refractivity contribution >= 4 is 35.6 Å². The molecule has 0 aliphatic carbocycles. The summed E-state index contributed by atoms with van der Waals surface area (Å²) in [5.74, 6) is -0.370. The van der Waals surface area contributed by atoms with E-state index in [1.165, 1.54) is 0 Å². The molecule has 0 aliphatic rings. The van der Waals surface area contributed by atoms with Gasteiger partial charge in [-0.25, -0.2) is 18.1 Å². The van der Waals surface area contributed by atoms with E-state index in [1.807, 2.05) is 12.1 Å². The zero-order valence-corrected chi connectivity index (χ0v) is 28.8. The van der Waals surface area contributed by atoms with Crippen LogP contribution in [0, 0.1) is 0 Å². The molecule has 0 bridgehead atoms. The van der Waals surface area contributed by atoms with Crippen molar-refractivity contribution in [2.45, 2.75) is 122 Å². The van der Waals surface area contributed by atoms with E-state index in [2.05, 4.69) is 71.3 Å². The zero-order valence-electron chi connectivity index (χ0n) is 26.2. The molecule has 1 amide bonds. The summed E-state index contributed by atoms with van der Waals surface area (Å²) in [4.78, 5) is 17.8. The highest BCUT2D eigenvalue weighted by atomic mass is 32.2. The molecule has 1 aromatic heterocycles. The maximum Gasteiger partial charge on any atom is 0.275 e. The highest BCUT2D eigenvalue weighted by Gasteiger charge is 2.38. The predicted octanol–water partition coefficient (Wildman–Crippen LogP) is 6.33. The first-order chi connectivity index (χ1) is 18.1. The summed E-state index contributed by atoms with van der Waals surface area (Å²) in [5.41, 5.74) is 2.69. The van der Waals surface area contributed by atoms with Crippen LogP contribution in [0.2, 0.25) is 18.1 Å². The summed E-state index contributed by atoms with van der Waals surface area (Å²) in [7, 11) is -4.85. The Bertz CT molecular complexity index is 1270. The molecular formula is C29H48N2O6S2Si. The van der Waals surface area contributed by atoms with Crippen LogP contribution in [-0.4, -0.2) is 39.8 Å². The fourth-order valence-electron chi connectivity index (χ4n) is 4.03. The van der Waals surface area contributed by atoms with Crippen LogP contribution in [0.15, 0.2) is 16.3 Å². The Morgan fingerprint density at radius 3 is 2.00 bits per heavy atom. The van der Waals surface area contributed by atoms with E-state index in [9.17, 15) is 18.3 Å². The van der Waals surface area contributed by atoms with Gasteiger partial charge < -0.3 is 14.3 Å². The number of benzene rings is 1. The number of aliphatic hydroxyl groups is 1. The first-order valence-electron chi connectivity index (χ1n) is 13.7. The second-order valence-electron chi connectivity index (χ2n) is 13.1. The van der Waals surface area contributed by atoms with E-state index in [1.54, 1.807) is 21.0 Å². The third kappa shape index (κ3) is 8.45. The lowest BCUT2D eigenvalue weighted by molar-refractivity contribution is -0.118. The number of rotatable bonds is 12. The summed E-state index contributed by atoms with van der Waals surface area (Å²) in [6.07, 6.45) is -0.0829. The second-order valence-corrected chi connectivity index (χ2v) is 20.7. The average molecular weight is 613 g/mol. The summed E-state index contributed by atoms with van der Waals surface area (Å²) in [6, 6.07) is 4.07. The number of carbonyl (C=O) groups is 1. The number of nitrogens with zero attached hydrogens (tertiary/aromatic N) is 1. The summed E-state index contributed by atoms with van der Waals surface area (Å²) in [5, 5.41) is 10.7. The summed E-state index contributed by atoms with van der Waals surface area (Å²) < 4.78 is 41.0. The number of hydrogen-bond acceptors (Lipinski definition) is 8. The van der Waals surface area contributed by atoms with Gasteiger partial charge in [0.15, 0.2) is 12.5 Å². The van der Waals surface area contributed by atoms with E-state index < -0.39 is 29.8 Å². The van der Waals surface area contributed by atoms with Gasteiger partial charge in [0.1, 0.15) is 10.6 Å². The van der Waals surface area contributed by atoms with Crippen molar-refractivity contribution in [3.05, 3.63) is 45.1 Å². The minimum atomic E-state index is -4.28. The van der Waals surface area contributed by atoms with Crippen LogP contribution >= 0.6 is 11.3 Å². The molecule has 0 saturated heterocycles. The van der Waals surface area contributed by atoms with Crippen molar-refractivity contribution < 1.29 is 27.5 Å². The minimum Gasteiger partial charge on any atom is -0.411 e. The molecule has 226 valence electrons. The van der Waals surface area contributed by atoms with Crippen LogP contribution in [0.3, 0.4) is 0 Å². The number of amides is 1. The third-order valence-corrected chi connectivity index (χ3v) is 15.1. The molecule has 0 radical (unpaired) electrons. The van der Waals surface area contributed by atoms with Gasteiger partial charge >= 0.3 is 0 Å². The molecule has 0 fully saturated rings. The molecule has 40 heavy (non-hydrogen) atoms. The van der Waals surface area contributed by atoms with Gasteiger partial charge in [-0.1, -0.05) is 60.6 Å². The van der Waals surface area contributed by atoms with Crippen LogP contribution in [0.5, 0.6) is 0 Å². The van der Waals surface area contributed by atoms with E-state index in [-0.39, 0.29) is 44.8 Å². The fraction of sp³-hybridized carbons (Fsp3) is 0.655. The molecule has 1 heterocycles. The van der Waals surface area contributed by atoms with Gasteiger partial charge in [0, 0.05) is 7.11 Å². The van der Waals surface area contributed by atoms with Crippen LogP contribution < -0.4 is 4.72 Å². The molecule has 2 aromatic rings. The van der Waals surface area contributed by atoms with Gasteiger partial charge in [-0.05, 0) is 66.1 Å². The first-order valence-corrected chi connectivity index (χ1v) is 18.9. The number of nitrogens with one attached hydrogen (secondary N) is 1. The van der Waals surface area contributed by atoms with Crippen molar-refractivity contribution in [3.8, 4) is 0 Å². The molecule has 0 unspecified atom stereocenters. The van der Waals surface area contributed by atoms with Crippen LogP contribution in [0.25, 0.3) is 0 Å². The van der Waals surface area contributed by atoms with Crippen LogP contribution in [-0.2, 0) is 49.2 Å². The third-order valence-electron chi connectivity index (χ3n) is 7.32. The molecule has 0 spiro atoms. The molecule has 8 nitrogen and oxygen atoms in total. The summed E-state index contributed by atoms with van der Waals surface area (Å²) in [6.45, 7) is 22.2. The molecule has 0 saturated carbocycles. The molecule has 0 aliphatic heterocycles. The number of hydrogen-bond donors (Lipinski definition) is 2. The molecular weight excluding hydrogens is 565 g/mol. The van der Waals surface area contributed by atoms with E-state index in [0.717, 1.165) is 33.6 Å². The van der Waals surface area contributed by atoms with E-state index in [4.69, 9.17) is 9.16 Å². The van der Waals surface area contributed by atoms with E-state index >= 15 is 0 Å². The number of ether oxygens (including phenoxy) is 1. The van der Waals surface area contributed by atoms with Gasteiger partial charge in [-0.15, -0.1) is 11.3 Å². The lowest BCUT2D eigenvalue weighted by Gasteiger charge is -2.36. The number of sulfonamides is 1. The van der Waals surface area contributed by atoms with Crippen molar-refractivity contribution in [1.29, 1.82) is 0 Å². The Kier molecular flexibility index (Phi) is 11.0. The maximum atomic E-state index is 13.6. The molecule has 1 aromatic carbocycles. The Labute approximate surface area is 246 Å². The summed E-state index contributed by atoms with van der Waals surface area (Å²) >= 11 is 0.861. The highest BCUT2D eigenvalue weighted by Crippen LogP contribution is 2.38.